The minimum atomic E-state index is -3.66. The molecule has 1 aliphatic carbocycles. The number of anilines is 2. The third-order valence-corrected chi connectivity index (χ3v) is 6.06. The lowest BCUT2D eigenvalue weighted by molar-refractivity contribution is -0.114. The average Bonchev–Trinajstić information content (AvgIpc) is 3.15. The van der Waals surface area contributed by atoms with E-state index in [0.717, 1.165) is 25.7 Å². The number of nitrogens with one attached hydrogen (secondary N) is 3. The summed E-state index contributed by atoms with van der Waals surface area (Å²) in [6.45, 7) is 1.41. The van der Waals surface area contributed by atoms with Crippen LogP contribution in [0.3, 0.4) is 0 Å². The van der Waals surface area contributed by atoms with Crippen LogP contribution in [0.25, 0.3) is 0 Å². The smallest absolute Gasteiger partial charge is 0.255 e. The molecule has 8 heteroatoms. The van der Waals surface area contributed by atoms with Crippen LogP contribution in [-0.2, 0) is 14.8 Å². The Kier molecular flexibility index (Phi) is 6.11. The Morgan fingerprint density at radius 1 is 0.929 bits per heavy atom. The lowest BCUT2D eigenvalue weighted by Gasteiger charge is -2.13. The number of rotatable bonds is 6. The fourth-order valence-electron chi connectivity index (χ4n) is 3.18. The molecule has 3 N–H and O–H groups in total. The van der Waals surface area contributed by atoms with Crippen LogP contribution in [0.5, 0.6) is 0 Å². The highest BCUT2D eigenvalue weighted by Crippen LogP contribution is 2.21. The van der Waals surface area contributed by atoms with Gasteiger partial charge >= 0.3 is 0 Å². The van der Waals surface area contributed by atoms with Gasteiger partial charge in [0.1, 0.15) is 0 Å². The second-order valence-corrected chi connectivity index (χ2v) is 8.56. The molecule has 0 radical (unpaired) electrons. The molecule has 7 nitrogen and oxygen atoms in total. The van der Waals surface area contributed by atoms with Crippen molar-refractivity contribution in [3.05, 3.63) is 54.1 Å². The molecular weight excluding hydrogens is 378 g/mol. The van der Waals surface area contributed by atoms with E-state index in [1.165, 1.54) is 19.1 Å². The Labute approximate surface area is 164 Å². The quantitative estimate of drug-likeness (QED) is 0.692. The first-order valence-corrected chi connectivity index (χ1v) is 10.6. The second-order valence-electron chi connectivity index (χ2n) is 6.84. The Morgan fingerprint density at radius 3 is 2.14 bits per heavy atom. The SMILES string of the molecule is CC(=O)Nc1ccc(NC(=O)c2cccc(S(=O)(=O)NC3CCCC3)c2)cc1. The fraction of sp³-hybridized carbons (Fsp3) is 0.300. The van der Waals surface area contributed by atoms with E-state index in [4.69, 9.17) is 0 Å². The fourth-order valence-corrected chi connectivity index (χ4v) is 4.53. The van der Waals surface area contributed by atoms with Crippen molar-refractivity contribution >= 4 is 33.2 Å². The van der Waals surface area contributed by atoms with Gasteiger partial charge in [-0.1, -0.05) is 18.9 Å². The average molecular weight is 401 g/mol. The normalized spacial score (nSPS) is 14.6. The van der Waals surface area contributed by atoms with E-state index in [0.29, 0.717) is 11.4 Å². The molecule has 0 aromatic heterocycles. The van der Waals surface area contributed by atoms with Crippen LogP contribution in [0.15, 0.2) is 53.4 Å². The maximum Gasteiger partial charge on any atom is 0.255 e. The Balaban J connectivity index is 1.70. The van der Waals surface area contributed by atoms with E-state index in [1.807, 2.05) is 0 Å². The molecule has 0 spiro atoms. The lowest BCUT2D eigenvalue weighted by atomic mass is 10.2. The summed E-state index contributed by atoms with van der Waals surface area (Å²) in [5, 5.41) is 5.37. The van der Waals surface area contributed by atoms with Crippen molar-refractivity contribution < 1.29 is 18.0 Å². The number of benzene rings is 2. The van der Waals surface area contributed by atoms with Crippen LogP contribution in [0.2, 0.25) is 0 Å². The van der Waals surface area contributed by atoms with E-state index in [-0.39, 0.29) is 22.4 Å². The maximum atomic E-state index is 12.6. The van der Waals surface area contributed by atoms with E-state index in [9.17, 15) is 18.0 Å². The van der Waals surface area contributed by atoms with Gasteiger partial charge in [0.2, 0.25) is 15.9 Å². The number of hydrogen-bond donors (Lipinski definition) is 3. The Bertz CT molecular complexity index is 965. The van der Waals surface area contributed by atoms with E-state index >= 15 is 0 Å². The zero-order valence-corrected chi connectivity index (χ0v) is 16.4. The third-order valence-electron chi connectivity index (χ3n) is 4.55. The van der Waals surface area contributed by atoms with Crippen molar-refractivity contribution in [3.63, 3.8) is 0 Å². The topological polar surface area (TPSA) is 104 Å². The molecule has 2 amide bonds. The van der Waals surface area contributed by atoms with E-state index in [1.54, 1.807) is 36.4 Å². The van der Waals surface area contributed by atoms with Gasteiger partial charge in [-0.25, -0.2) is 13.1 Å². The van der Waals surface area contributed by atoms with Crippen LogP contribution < -0.4 is 15.4 Å². The first-order chi connectivity index (χ1) is 13.3. The maximum absolute atomic E-state index is 12.6. The molecule has 2 aromatic carbocycles. The lowest BCUT2D eigenvalue weighted by Crippen LogP contribution is -2.32. The molecule has 28 heavy (non-hydrogen) atoms. The summed E-state index contributed by atoms with van der Waals surface area (Å²) in [5.41, 5.74) is 1.41. The zero-order chi connectivity index (χ0) is 20.1. The predicted molar refractivity (Wildman–Crippen MR) is 108 cm³/mol. The standard InChI is InChI=1S/C20H23N3O4S/c1-14(24)21-16-9-11-17(12-10-16)22-20(25)15-5-4-8-19(13-15)28(26,27)23-18-6-2-3-7-18/h4-5,8-13,18,23H,2-3,6-7H2,1H3,(H,21,24)(H,22,25). The largest absolute Gasteiger partial charge is 0.326 e. The third kappa shape index (κ3) is 5.17. The second kappa shape index (κ2) is 8.53. The molecule has 0 atom stereocenters. The summed E-state index contributed by atoms with van der Waals surface area (Å²) in [4.78, 5) is 23.6. The highest BCUT2D eigenvalue weighted by atomic mass is 32.2. The molecular formula is C20H23N3O4S. The number of hydrogen-bond acceptors (Lipinski definition) is 4. The predicted octanol–water partition coefficient (Wildman–Crippen LogP) is 3.12. The van der Waals surface area contributed by atoms with Gasteiger partial charge in [-0.2, -0.15) is 0 Å². The van der Waals surface area contributed by atoms with Gasteiger partial charge in [-0.15, -0.1) is 0 Å². The molecule has 148 valence electrons. The minimum Gasteiger partial charge on any atom is -0.326 e. The van der Waals surface area contributed by atoms with Crippen LogP contribution >= 0.6 is 0 Å². The van der Waals surface area contributed by atoms with Gasteiger partial charge in [0.15, 0.2) is 0 Å². The highest BCUT2D eigenvalue weighted by molar-refractivity contribution is 7.89. The molecule has 1 fully saturated rings. The van der Waals surface area contributed by atoms with Crippen LogP contribution in [0.1, 0.15) is 43.0 Å². The molecule has 0 unspecified atom stereocenters. The van der Waals surface area contributed by atoms with Gasteiger partial charge in [0.05, 0.1) is 4.90 Å². The summed E-state index contributed by atoms with van der Waals surface area (Å²) < 4.78 is 27.9. The van der Waals surface area contributed by atoms with Gasteiger partial charge in [0.25, 0.3) is 5.91 Å². The number of amides is 2. The summed E-state index contributed by atoms with van der Waals surface area (Å²) in [6.07, 6.45) is 3.73. The van der Waals surface area contributed by atoms with Crippen molar-refractivity contribution in [1.29, 1.82) is 0 Å². The summed E-state index contributed by atoms with van der Waals surface area (Å²) in [7, 11) is -3.66. The molecule has 0 heterocycles. The van der Waals surface area contributed by atoms with Crippen LogP contribution in [0.4, 0.5) is 11.4 Å². The number of sulfonamides is 1. The van der Waals surface area contributed by atoms with Crippen molar-refractivity contribution in [3.8, 4) is 0 Å². The van der Waals surface area contributed by atoms with E-state index < -0.39 is 15.9 Å². The van der Waals surface area contributed by atoms with Crippen molar-refractivity contribution in [2.75, 3.05) is 10.6 Å². The van der Waals surface area contributed by atoms with Gasteiger partial charge in [-0.3, -0.25) is 9.59 Å². The molecule has 1 aliphatic rings. The van der Waals surface area contributed by atoms with Crippen molar-refractivity contribution in [1.82, 2.24) is 4.72 Å². The Morgan fingerprint density at radius 2 is 1.54 bits per heavy atom. The van der Waals surface area contributed by atoms with Gasteiger partial charge < -0.3 is 10.6 Å². The number of carbonyl (C=O) groups is 2. The summed E-state index contributed by atoms with van der Waals surface area (Å²) >= 11 is 0. The zero-order valence-electron chi connectivity index (χ0n) is 15.6. The molecule has 2 aromatic rings. The highest BCUT2D eigenvalue weighted by Gasteiger charge is 2.23. The summed E-state index contributed by atoms with van der Waals surface area (Å²) in [6, 6.07) is 12.6. The molecule has 0 saturated heterocycles. The molecule has 1 saturated carbocycles. The Hall–Kier alpha value is -2.71. The molecule has 0 aliphatic heterocycles. The van der Waals surface area contributed by atoms with Gasteiger partial charge in [-0.05, 0) is 55.3 Å². The van der Waals surface area contributed by atoms with Crippen molar-refractivity contribution in [2.45, 2.75) is 43.5 Å². The monoisotopic (exact) mass is 401 g/mol. The first-order valence-electron chi connectivity index (χ1n) is 9.15. The molecule has 3 rings (SSSR count). The van der Waals surface area contributed by atoms with Crippen LogP contribution in [0, 0.1) is 0 Å². The first kappa shape index (κ1) is 20.0. The molecule has 0 bridgehead atoms. The van der Waals surface area contributed by atoms with Crippen molar-refractivity contribution in [2.24, 2.45) is 0 Å². The minimum absolute atomic E-state index is 0.0374. The van der Waals surface area contributed by atoms with Gasteiger partial charge in [0, 0.05) is 29.9 Å². The number of carbonyl (C=O) groups excluding carboxylic acids is 2. The van der Waals surface area contributed by atoms with E-state index in [2.05, 4.69) is 15.4 Å². The van der Waals surface area contributed by atoms with Crippen LogP contribution in [-0.4, -0.2) is 26.3 Å². The summed E-state index contributed by atoms with van der Waals surface area (Å²) in [5.74, 6) is -0.591.